The molecule has 3 atom stereocenters. The maximum atomic E-state index is 10.7. The molecule has 1 aromatic heterocycles. The molecule has 0 bridgehead atoms. The van der Waals surface area contributed by atoms with Crippen LogP contribution >= 0.6 is 0 Å². The summed E-state index contributed by atoms with van der Waals surface area (Å²) in [6.07, 6.45) is 5.18. The van der Waals surface area contributed by atoms with E-state index in [2.05, 4.69) is 44.1 Å². The molecule has 0 fully saturated rings. The molecule has 0 saturated heterocycles. The molecule has 4 heteroatoms. The number of fused-ring (bicyclic) bond motifs is 3. The van der Waals surface area contributed by atoms with E-state index in [4.69, 9.17) is 0 Å². The maximum absolute atomic E-state index is 10.7. The second kappa shape index (κ2) is 5.31. The van der Waals surface area contributed by atoms with Crippen molar-refractivity contribution in [3.63, 3.8) is 0 Å². The molecule has 4 nitrogen and oxygen atoms in total. The average Bonchev–Trinajstić information content (AvgIpc) is 3.04. The van der Waals surface area contributed by atoms with E-state index in [0.29, 0.717) is 5.57 Å². The summed E-state index contributed by atoms with van der Waals surface area (Å²) in [5, 5.41) is 25.0. The highest BCUT2D eigenvalue weighted by Crippen LogP contribution is 2.56. The van der Waals surface area contributed by atoms with Crippen molar-refractivity contribution in [3.05, 3.63) is 59.4 Å². The molecule has 0 saturated carbocycles. The fourth-order valence-electron chi connectivity index (χ4n) is 5.07. The van der Waals surface area contributed by atoms with Gasteiger partial charge in [0.1, 0.15) is 0 Å². The number of aliphatic hydroxyl groups excluding tert-OH is 1. The van der Waals surface area contributed by atoms with E-state index in [1.54, 1.807) is 0 Å². The summed E-state index contributed by atoms with van der Waals surface area (Å²) in [6.45, 7) is 6.36. The van der Waals surface area contributed by atoms with E-state index in [1.165, 1.54) is 5.56 Å². The van der Waals surface area contributed by atoms with Crippen LogP contribution in [-0.4, -0.2) is 21.0 Å². The number of aryl methyl sites for hydroxylation is 1. The third-order valence-corrected chi connectivity index (χ3v) is 6.26. The predicted molar refractivity (Wildman–Crippen MR) is 96.2 cm³/mol. The van der Waals surface area contributed by atoms with Crippen molar-refractivity contribution in [1.82, 2.24) is 9.78 Å². The minimum atomic E-state index is -0.717. The van der Waals surface area contributed by atoms with E-state index in [9.17, 15) is 10.4 Å². The minimum Gasteiger partial charge on any atom is -0.387 e. The molecule has 1 heterocycles. The normalized spacial score (nSPS) is 30.0. The summed E-state index contributed by atoms with van der Waals surface area (Å²) in [5.41, 5.74) is 3.20. The van der Waals surface area contributed by atoms with Gasteiger partial charge in [0.05, 0.1) is 35.3 Å². The van der Waals surface area contributed by atoms with Crippen molar-refractivity contribution < 1.29 is 5.11 Å². The van der Waals surface area contributed by atoms with E-state index >= 15 is 0 Å². The van der Waals surface area contributed by atoms with Gasteiger partial charge < -0.3 is 5.11 Å². The lowest BCUT2D eigenvalue weighted by molar-refractivity contribution is -0.0107. The number of aromatic nitrogens is 2. The first-order valence-electron chi connectivity index (χ1n) is 8.83. The largest absolute Gasteiger partial charge is 0.387 e. The van der Waals surface area contributed by atoms with Gasteiger partial charge in [-0.05, 0) is 41.9 Å². The van der Waals surface area contributed by atoms with Crippen LogP contribution in [0.5, 0.6) is 0 Å². The molecule has 128 valence electrons. The highest BCUT2D eigenvalue weighted by atomic mass is 16.3. The number of hydrogen-bond acceptors (Lipinski definition) is 3. The number of nitrogens with zero attached hydrogens (tertiary/aromatic N) is 3. The summed E-state index contributed by atoms with van der Waals surface area (Å²) >= 11 is 0. The van der Waals surface area contributed by atoms with Gasteiger partial charge in [-0.25, -0.2) is 4.68 Å². The number of nitriles is 1. The van der Waals surface area contributed by atoms with Crippen LogP contribution in [0.15, 0.2) is 48.2 Å². The van der Waals surface area contributed by atoms with Crippen LogP contribution in [0.25, 0.3) is 5.69 Å². The Morgan fingerprint density at radius 2 is 1.96 bits per heavy atom. The van der Waals surface area contributed by atoms with Crippen LogP contribution in [0.1, 0.15) is 38.4 Å². The lowest BCUT2D eigenvalue weighted by Crippen LogP contribution is -2.53. The highest BCUT2D eigenvalue weighted by Gasteiger charge is 2.55. The molecular weight excluding hydrogens is 310 g/mol. The first-order valence-corrected chi connectivity index (χ1v) is 8.83. The van der Waals surface area contributed by atoms with E-state index in [-0.39, 0.29) is 16.7 Å². The molecule has 2 aliphatic rings. The second-order valence-corrected chi connectivity index (χ2v) is 8.08. The SMILES string of the molecule is CC1(C)C(O)C(C#N)=C[C@]2(C)c3c(cnn3-c3ccccc3)CC[C@@H]12. The van der Waals surface area contributed by atoms with Gasteiger partial charge in [-0.1, -0.05) is 45.0 Å². The van der Waals surface area contributed by atoms with Crippen molar-refractivity contribution in [2.75, 3.05) is 0 Å². The fourth-order valence-corrected chi connectivity index (χ4v) is 5.07. The number of aliphatic hydroxyl groups is 1. The van der Waals surface area contributed by atoms with Gasteiger partial charge in [0.15, 0.2) is 0 Å². The Balaban J connectivity index is 1.98. The lowest BCUT2D eigenvalue weighted by Gasteiger charge is -2.53. The van der Waals surface area contributed by atoms with E-state index in [0.717, 1.165) is 24.2 Å². The number of rotatable bonds is 1. The number of hydrogen-bond donors (Lipinski definition) is 1. The van der Waals surface area contributed by atoms with E-state index < -0.39 is 6.10 Å². The van der Waals surface area contributed by atoms with Crippen LogP contribution in [0.2, 0.25) is 0 Å². The van der Waals surface area contributed by atoms with Gasteiger partial charge in [0, 0.05) is 5.41 Å². The topological polar surface area (TPSA) is 61.8 Å². The van der Waals surface area contributed by atoms with Crippen LogP contribution in [0.3, 0.4) is 0 Å². The van der Waals surface area contributed by atoms with Crippen LogP contribution in [0.4, 0.5) is 0 Å². The summed E-state index contributed by atoms with van der Waals surface area (Å²) in [6, 6.07) is 12.4. The third kappa shape index (κ3) is 2.12. The van der Waals surface area contributed by atoms with Crippen LogP contribution in [0, 0.1) is 22.7 Å². The zero-order valence-electron chi connectivity index (χ0n) is 14.9. The smallest absolute Gasteiger partial charge is 0.0971 e. The molecule has 0 amide bonds. The van der Waals surface area contributed by atoms with Crippen molar-refractivity contribution in [3.8, 4) is 11.8 Å². The maximum Gasteiger partial charge on any atom is 0.0971 e. The van der Waals surface area contributed by atoms with Gasteiger partial charge >= 0.3 is 0 Å². The standard InChI is InChI=1S/C21H23N3O/c1-20(2)17-10-9-14-13-23-24(16-7-5-4-6-8-16)18(14)21(17,3)11-15(12-22)19(20)25/h4-8,11,13,17,19,25H,9-10H2,1-3H3/t17-,19?,21-/m0/s1. The Labute approximate surface area is 148 Å². The highest BCUT2D eigenvalue weighted by molar-refractivity contribution is 5.48. The Bertz CT molecular complexity index is 888. The monoisotopic (exact) mass is 333 g/mol. The Kier molecular flexibility index (Phi) is 3.42. The second-order valence-electron chi connectivity index (χ2n) is 8.08. The van der Waals surface area contributed by atoms with Gasteiger partial charge in [-0.3, -0.25) is 0 Å². The molecule has 0 radical (unpaired) electrons. The zero-order chi connectivity index (χ0) is 17.8. The first-order chi connectivity index (χ1) is 11.9. The molecule has 2 aromatic rings. The number of para-hydroxylation sites is 1. The van der Waals surface area contributed by atoms with Gasteiger partial charge in [0.25, 0.3) is 0 Å². The predicted octanol–water partition coefficient (Wildman–Crippen LogP) is 3.54. The molecule has 0 aliphatic heterocycles. The lowest BCUT2D eigenvalue weighted by atomic mass is 9.52. The van der Waals surface area contributed by atoms with Crippen molar-refractivity contribution >= 4 is 0 Å². The Morgan fingerprint density at radius 3 is 2.64 bits per heavy atom. The summed E-state index contributed by atoms with van der Waals surface area (Å²) in [4.78, 5) is 0. The molecule has 0 spiro atoms. The zero-order valence-corrected chi connectivity index (χ0v) is 14.9. The van der Waals surface area contributed by atoms with Crippen molar-refractivity contribution in [1.29, 1.82) is 5.26 Å². The summed E-state index contributed by atoms with van der Waals surface area (Å²) in [7, 11) is 0. The molecular formula is C21H23N3O. The number of benzene rings is 1. The Hall–Kier alpha value is -2.38. The van der Waals surface area contributed by atoms with Gasteiger partial charge in [0.2, 0.25) is 0 Å². The van der Waals surface area contributed by atoms with Crippen molar-refractivity contribution in [2.45, 2.75) is 45.1 Å². The molecule has 1 aromatic carbocycles. The first kappa shape index (κ1) is 16.1. The molecule has 2 aliphatic carbocycles. The van der Waals surface area contributed by atoms with Gasteiger partial charge in [-0.2, -0.15) is 10.4 Å². The summed E-state index contributed by atoms with van der Waals surface area (Å²) in [5.74, 6) is 0.249. The number of allylic oxidation sites excluding steroid dienone is 1. The molecule has 25 heavy (non-hydrogen) atoms. The third-order valence-electron chi connectivity index (χ3n) is 6.26. The van der Waals surface area contributed by atoms with E-state index in [1.807, 2.05) is 35.2 Å². The summed E-state index contributed by atoms with van der Waals surface area (Å²) < 4.78 is 2.01. The van der Waals surface area contributed by atoms with Crippen LogP contribution in [-0.2, 0) is 11.8 Å². The Morgan fingerprint density at radius 1 is 1.24 bits per heavy atom. The average molecular weight is 333 g/mol. The minimum absolute atomic E-state index is 0.249. The molecule has 1 unspecified atom stereocenters. The van der Waals surface area contributed by atoms with Crippen LogP contribution < -0.4 is 0 Å². The fraction of sp³-hybridized carbons (Fsp3) is 0.429. The van der Waals surface area contributed by atoms with Crippen molar-refractivity contribution in [2.24, 2.45) is 11.3 Å². The quantitative estimate of drug-likeness (QED) is 0.868. The molecule has 4 rings (SSSR count). The van der Waals surface area contributed by atoms with Gasteiger partial charge in [-0.15, -0.1) is 0 Å². The molecule has 1 N–H and O–H groups in total.